The molecule has 0 spiro atoms. The third-order valence-corrected chi connectivity index (χ3v) is 3.15. The summed E-state index contributed by atoms with van der Waals surface area (Å²) in [6.07, 6.45) is -8.72. The Morgan fingerprint density at radius 3 is 1.52 bits per heavy atom. The van der Waals surface area contributed by atoms with Crippen molar-refractivity contribution >= 4 is 24.1 Å². The van der Waals surface area contributed by atoms with E-state index >= 15 is 0 Å². The van der Waals surface area contributed by atoms with Gasteiger partial charge in [-0.1, -0.05) is 24.3 Å². The van der Waals surface area contributed by atoms with E-state index in [0.29, 0.717) is 25.9 Å². The highest BCUT2D eigenvalue weighted by Gasteiger charge is 2.38. The number of hydrogen-bond acceptors (Lipinski definition) is 4. The van der Waals surface area contributed by atoms with Gasteiger partial charge >= 0.3 is 24.3 Å². The van der Waals surface area contributed by atoms with Gasteiger partial charge in [0.25, 0.3) is 0 Å². The zero-order chi connectivity index (χ0) is 22.8. The number of benzene rings is 1. The van der Waals surface area contributed by atoms with E-state index in [1.54, 1.807) is 4.90 Å². The van der Waals surface area contributed by atoms with E-state index in [1.807, 2.05) is 24.3 Å². The Morgan fingerprint density at radius 1 is 0.897 bits per heavy atom. The fourth-order valence-electron chi connectivity index (χ4n) is 1.85. The maximum absolute atomic E-state index is 11.6. The molecule has 0 radical (unpaired) electrons. The van der Waals surface area contributed by atoms with Gasteiger partial charge in [-0.05, 0) is 11.1 Å². The zero-order valence-electron chi connectivity index (χ0n) is 14.5. The van der Waals surface area contributed by atoms with Gasteiger partial charge in [0.15, 0.2) is 0 Å². The summed E-state index contributed by atoms with van der Waals surface area (Å²) in [5, 5.41) is 14.2. The normalized spacial score (nSPS) is 12.6. The Balaban J connectivity index is 0.000000473. The van der Waals surface area contributed by atoms with E-state index in [9.17, 15) is 35.9 Å². The van der Waals surface area contributed by atoms with Crippen molar-refractivity contribution in [3.05, 3.63) is 35.4 Å². The van der Waals surface area contributed by atoms with Crippen molar-refractivity contribution < 1.29 is 55.7 Å². The second-order valence-corrected chi connectivity index (χ2v) is 5.33. The van der Waals surface area contributed by atoms with E-state index in [1.165, 1.54) is 11.1 Å². The maximum atomic E-state index is 11.6. The van der Waals surface area contributed by atoms with Gasteiger partial charge in [0, 0.05) is 25.9 Å². The van der Waals surface area contributed by atoms with Crippen LogP contribution in [0, 0.1) is 0 Å². The first kappa shape index (κ1) is 25.9. The molecule has 1 amide bonds. The number of rotatable bonds is 3. The maximum Gasteiger partial charge on any atom is 0.490 e. The number of alkyl halides is 6. The molecule has 0 atom stereocenters. The fourth-order valence-corrected chi connectivity index (χ4v) is 1.85. The molecule has 13 heteroatoms. The van der Waals surface area contributed by atoms with Crippen molar-refractivity contribution in [2.24, 2.45) is 0 Å². The molecular weight excluding hydrogens is 416 g/mol. The number of fused-ring (bicyclic) bond motifs is 1. The van der Waals surface area contributed by atoms with Crippen LogP contribution in [0.25, 0.3) is 0 Å². The summed E-state index contributed by atoms with van der Waals surface area (Å²) in [6.45, 7) is 1.38. The number of carboxylic acids is 2. The first-order chi connectivity index (χ1) is 13.2. The van der Waals surface area contributed by atoms with E-state index in [4.69, 9.17) is 19.8 Å². The molecule has 0 unspecified atom stereocenters. The molecule has 7 nitrogen and oxygen atoms in total. The molecule has 1 aliphatic rings. The van der Waals surface area contributed by atoms with Crippen LogP contribution in [0.5, 0.6) is 0 Å². The predicted octanol–water partition coefficient (Wildman–Crippen LogP) is 2.77. The SMILES string of the molecule is O=C(O)C(F)(F)F.O=C(O)C(F)(F)F.O=CCCC(=O)N1Cc2ccccc2C1. The average Bonchev–Trinajstić information content (AvgIpc) is 3.03. The van der Waals surface area contributed by atoms with Gasteiger partial charge in [0.2, 0.25) is 5.91 Å². The fraction of sp³-hybridized carbons (Fsp3) is 0.375. The van der Waals surface area contributed by atoms with Crippen molar-refractivity contribution in [2.75, 3.05) is 0 Å². The van der Waals surface area contributed by atoms with E-state index in [0.717, 1.165) is 6.29 Å². The van der Waals surface area contributed by atoms with Crippen molar-refractivity contribution in [1.82, 2.24) is 4.90 Å². The lowest BCUT2D eigenvalue weighted by atomic mass is 10.1. The summed E-state index contributed by atoms with van der Waals surface area (Å²) < 4.78 is 63.5. The molecule has 2 rings (SSSR count). The molecule has 2 N–H and O–H groups in total. The van der Waals surface area contributed by atoms with Crippen LogP contribution in [0.4, 0.5) is 26.3 Å². The molecule has 162 valence electrons. The number of aliphatic carboxylic acids is 2. The Kier molecular flexibility index (Phi) is 9.84. The molecule has 1 aromatic carbocycles. The summed E-state index contributed by atoms with van der Waals surface area (Å²) in [5.41, 5.74) is 2.44. The lowest BCUT2D eigenvalue weighted by molar-refractivity contribution is -0.193. The Hall–Kier alpha value is -3.12. The number of halogens is 6. The second kappa shape index (κ2) is 11.0. The predicted molar refractivity (Wildman–Crippen MR) is 83.4 cm³/mol. The minimum atomic E-state index is -5.08. The Bertz CT molecular complexity index is 682. The highest BCUT2D eigenvalue weighted by Crippen LogP contribution is 2.22. The summed E-state index contributed by atoms with van der Waals surface area (Å²) in [6, 6.07) is 8.06. The van der Waals surface area contributed by atoms with Crippen molar-refractivity contribution in [1.29, 1.82) is 0 Å². The first-order valence-corrected chi connectivity index (χ1v) is 7.58. The first-order valence-electron chi connectivity index (χ1n) is 7.58. The second-order valence-electron chi connectivity index (χ2n) is 5.33. The van der Waals surface area contributed by atoms with Crippen molar-refractivity contribution in [3.63, 3.8) is 0 Å². The summed E-state index contributed by atoms with van der Waals surface area (Å²) in [5.74, 6) is -5.45. The molecule has 0 saturated carbocycles. The third-order valence-electron chi connectivity index (χ3n) is 3.15. The van der Waals surface area contributed by atoms with Crippen LogP contribution in [0.15, 0.2) is 24.3 Å². The number of amides is 1. The molecule has 0 aromatic heterocycles. The zero-order valence-corrected chi connectivity index (χ0v) is 14.5. The molecule has 0 aliphatic carbocycles. The molecule has 0 saturated heterocycles. The Morgan fingerprint density at radius 2 is 1.24 bits per heavy atom. The summed E-state index contributed by atoms with van der Waals surface area (Å²) in [7, 11) is 0. The van der Waals surface area contributed by atoms with Crippen LogP contribution < -0.4 is 0 Å². The van der Waals surface area contributed by atoms with Gasteiger partial charge < -0.3 is 19.9 Å². The quantitative estimate of drug-likeness (QED) is 0.562. The molecule has 29 heavy (non-hydrogen) atoms. The van der Waals surface area contributed by atoms with E-state index < -0.39 is 24.3 Å². The highest BCUT2D eigenvalue weighted by atomic mass is 19.4. The van der Waals surface area contributed by atoms with Gasteiger partial charge in [-0.15, -0.1) is 0 Å². The number of aldehydes is 1. The van der Waals surface area contributed by atoms with Crippen molar-refractivity contribution in [3.8, 4) is 0 Å². The van der Waals surface area contributed by atoms with Gasteiger partial charge in [0.05, 0.1) is 0 Å². The number of carbonyl (C=O) groups is 4. The molecule has 1 aromatic rings. The molecule has 0 fully saturated rings. The van der Waals surface area contributed by atoms with E-state index in [-0.39, 0.29) is 5.91 Å². The largest absolute Gasteiger partial charge is 0.490 e. The standard InChI is InChI=1S/C12H13NO2.2C2HF3O2/c14-7-3-6-12(15)13-8-10-4-1-2-5-11(10)9-13;2*3-2(4,5)1(6)7/h1-2,4-5,7H,3,6,8-9H2;2*(H,6,7). The molecule has 1 heterocycles. The van der Waals surface area contributed by atoms with Crippen LogP contribution in [0.1, 0.15) is 24.0 Å². The highest BCUT2D eigenvalue weighted by molar-refractivity contribution is 5.79. The van der Waals surface area contributed by atoms with Crippen LogP contribution >= 0.6 is 0 Å². The summed E-state index contributed by atoms with van der Waals surface area (Å²) in [4.78, 5) is 41.4. The van der Waals surface area contributed by atoms with Crippen LogP contribution in [0.3, 0.4) is 0 Å². The monoisotopic (exact) mass is 431 g/mol. The van der Waals surface area contributed by atoms with E-state index in [2.05, 4.69) is 0 Å². The topological polar surface area (TPSA) is 112 Å². The van der Waals surface area contributed by atoms with Gasteiger partial charge in [0.1, 0.15) is 6.29 Å². The number of carbonyl (C=O) groups excluding carboxylic acids is 2. The number of carboxylic acid groups (broad SMARTS) is 2. The third kappa shape index (κ3) is 10.1. The molecule has 1 aliphatic heterocycles. The summed E-state index contributed by atoms with van der Waals surface area (Å²) >= 11 is 0. The average molecular weight is 431 g/mol. The van der Waals surface area contributed by atoms with Crippen LogP contribution in [-0.2, 0) is 32.3 Å². The number of hydrogen-bond donors (Lipinski definition) is 2. The van der Waals surface area contributed by atoms with Gasteiger partial charge in [-0.25, -0.2) is 9.59 Å². The lowest BCUT2D eigenvalue weighted by Gasteiger charge is -2.14. The lowest BCUT2D eigenvalue weighted by Crippen LogP contribution is -2.24. The Labute approximate surface area is 159 Å². The minimum Gasteiger partial charge on any atom is -0.475 e. The molecule has 0 bridgehead atoms. The van der Waals surface area contributed by atoms with Gasteiger partial charge in [-0.3, -0.25) is 4.79 Å². The van der Waals surface area contributed by atoms with Gasteiger partial charge in [-0.2, -0.15) is 26.3 Å². The molecular formula is C16H15F6NO6. The van der Waals surface area contributed by atoms with Crippen molar-refractivity contribution in [2.45, 2.75) is 38.3 Å². The van der Waals surface area contributed by atoms with Crippen LogP contribution in [0.2, 0.25) is 0 Å². The number of nitrogens with zero attached hydrogens (tertiary/aromatic N) is 1. The minimum absolute atomic E-state index is 0.0679. The smallest absolute Gasteiger partial charge is 0.475 e. The van der Waals surface area contributed by atoms with Crippen LogP contribution in [-0.4, -0.2) is 51.6 Å².